The molecule has 2 rings (SSSR count). The Labute approximate surface area is 111 Å². The van der Waals surface area contributed by atoms with Crippen molar-refractivity contribution < 1.29 is 13.9 Å². The molecule has 0 bridgehead atoms. The lowest BCUT2D eigenvalue weighted by atomic mass is 10.2. The molecule has 2 aromatic rings. The summed E-state index contributed by atoms with van der Waals surface area (Å²) in [5, 5.41) is 0. The number of halogens is 1. The van der Waals surface area contributed by atoms with E-state index in [9.17, 15) is 9.18 Å². The van der Waals surface area contributed by atoms with E-state index in [0.717, 1.165) is 0 Å². The van der Waals surface area contributed by atoms with Crippen LogP contribution in [0.3, 0.4) is 0 Å². The highest BCUT2D eigenvalue weighted by Crippen LogP contribution is 2.26. The third-order valence-electron chi connectivity index (χ3n) is 2.53. The fourth-order valence-electron chi connectivity index (χ4n) is 1.74. The van der Waals surface area contributed by atoms with Crippen LogP contribution in [0.2, 0.25) is 0 Å². The number of rotatable bonds is 3. The Morgan fingerprint density at radius 1 is 1.11 bits per heavy atom. The molecule has 19 heavy (non-hydrogen) atoms. The molecule has 0 aliphatic heterocycles. The number of ether oxygens (including phenoxy) is 1. The van der Waals surface area contributed by atoms with Crippen LogP contribution in [-0.2, 0) is 4.74 Å². The molecule has 98 valence electrons. The second-order valence-electron chi connectivity index (χ2n) is 3.85. The molecule has 0 unspecified atom stereocenters. The van der Waals surface area contributed by atoms with E-state index in [-0.39, 0.29) is 6.61 Å². The average Bonchev–Trinajstić information content (AvgIpc) is 2.40. The van der Waals surface area contributed by atoms with Gasteiger partial charge in [0.2, 0.25) is 0 Å². The molecule has 0 aliphatic carbocycles. The van der Waals surface area contributed by atoms with E-state index in [0.29, 0.717) is 11.4 Å². The number of hydrogen-bond donors (Lipinski definition) is 0. The van der Waals surface area contributed by atoms with Crippen LogP contribution in [0, 0.1) is 5.82 Å². The fourth-order valence-corrected chi connectivity index (χ4v) is 1.74. The summed E-state index contributed by atoms with van der Waals surface area (Å²) in [5.74, 6) is -0.400. The third kappa shape index (κ3) is 3.10. The van der Waals surface area contributed by atoms with Crippen molar-refractivity contribution in [1.29, 1.82) is 0 Å². The van der Waals surface area contributed by atoms with Gasteiger partial charge in [-0.05, 0) is 37.3 Å². The Hall–Kier alpha value is -2.36. The lowest BCUT2D eigenvalue weighted by Gasteiger charge is -2.22. The second kappa shape index (κ2) is 6.00. The third-order valence-corrected chi connectivity index (χ3v) is 2.53. The zero-order valence-corrected chi connectivity index (χ0v) is 10.5. The molecule has 3 nitrogen and oxygen atoms in total. The summed E-state index contributed by atoms with van der Waals surface area (Å²) in [6.07, 6.45) is -0.528. The van der Waals surface area contributed by atoms with E-state index in [2.05, 4.69) is 0 Å². The summed E-state index contributed by atoms with van der Waals surface area (Å²) < 4.78 is 18.3. The van der Waals surface area contributed by atoms with Crippen LogP contribution < -0.4 is 4.90 Å². The maximum atomic E-state index is 13.3. The minimum absolute atomic E-state index is 0.261. The number of nitrogens with zero attached hydrogens (tertiary/aromatic N) is 1. The molecule has 0 aromatic heterocycles. The SMILES string of the molecule is CCOC(=O)N(c1ccccc1)c1cccc(F)c1. The van der Waals surface area contributed by atoms with E-state index in [4.69, 9.17) is 4.74 Å². The van der Waals surface area contributed by atoms with Crippen molar-refractivity contribution in [3.8, 4) is 0 Å². The normalized spacial score (nSPS) is 10.0. The van der Waals surface area contributed by atoms with Crippen LogP contribution in [0.1, 0.15) is 6.92 Å². The summed E-state index contributed by atoms with van der Waals surface area (Å²) >= 11 is 0. The topological polar surface area (TPSA) is 29.5 Å². The molecule has 0 radical (unpaired) electrons. The standard InChI is InChI=1S/C15H14FNO2/c1-2-19-15(18)17(13-8-4-3-5-9-13)14-10-6-7-12(16)11-14/h3-11H,2H2,1H3. The van der Waals surface area contributed by atoms with E-state index in [1.807, 2.05) is 6.07 Å². The predicted octanol–water partition coefficient (Wildman–Crippen LogP) is 4.12. The monoisotopic (exact) mass is 259 g/mol. The highest BCUT2D eigenvalue weighted by Gasteiger charge is 2.19. The fraction of sp³-hybridized carbons (Fsp3) is 0.133. The maximum absolute atomic E-state index is 13.3. The lowest BCUT2D eigenvalue weighted by molar-refractivity contribution is 0.162. The van der Waals surface area contributed by atoms with Gasteiger partial charge >= 0.3 is 6.09 Å². The largest absolute Gasteiger partial charge is 0.449 e. The van der Waals surface area contributed by atoms with Crippen molar-refractivity contribution >= 4 is 17.5 Å². The van der Waals surface area contributed by atoms with Gasteiger partial charge in [-0.3, -0.25) is 0 Å². The summed E-state index contributed by atoms with van der Waals surface area (Å²) in [4.78, 5) is 13.4. The van der Waals surface area contributed by atoms with Gasteiger partial charge in [-0.15, -0.1) is 0 Å². The molecule has 2 aromatic carbocycles. The predicted molar refractivity (Wildman–Crippen MR) is 72.0 cm³/mol. The van der Waals surface area contributed by atoms with Gasteiger partial charge in [0.15, 0.2) is 0 Å². The Balaban J connectivity index is 2.43. The van der Waals surface area contributed by atoms with Gasteiger partial charge < -0.3 is 4.74 Å². The molecule has 0 atom stereocenters. The number of amides is 1. The average molecular weight is 259 g/mol. The number of benzene rings is 2. The van der Waals surface area contributed by atoms with Crippen LogP contribution in [-0.4, -0.2) is 12.7 Å². The highest BCUT2D eigenvalue weighted by atomic mass is 19.1. The first-order valence-corrected chi connectivity index (χ1v) is 6.00. The van der Waals surface area contributed by atoms with Crippen molar-refractivity contribution in [1.82, 2.24) is 0 Å². The number of carbonyl (C=O) groups is 1. The molecule has 0 spiro atoms. The number of para-hydroxylation sites is 1. The summed E-state index contributed by atoms with van der Waals surface area (Å²) in [6.45, 7) is 1.99. The Morgan fingerprint density at radius 2 is 1.79 bits per heavy atom. The van der Waals surface area contributed by atoms with E-state index < -0.39 is 11.9 Å². The molecule has 0 saturated heterocycles. The summed E-state index contributed by atoms with van der Waals surface area (Å²) in [5.41, 5.74) is 1.07. The number of hydrogen-bond acceptors (Lipinski definition) is 2. The molecule has 1 amide bonds. The van der Waals surface area contributed by atoms with Crippen molar-refractivity contribution in [2.24, 2.45) is 0 Å². The molecule has 0 N–H and O–H groups in total. The quantitative estimate of drug-likeness (QED) is 0.829. The molecule has 0 fully saturated rings. The van der Waals surface area contributed by atoms with Crippen LogP contribution in [0.25, 0.3) is 0 Å². The van der Waals surface area contributed by atoms with E-state index >= 15 is 0 Å². The summed E-state index contributed by atoms with van der Waals surface area (Å²) in [6, 6.07) is 14.8. The molecule has 0 saturated carbocycles. The maximum Gasteiger partial charge on any atom is 0.418 e. The first-order valence-electron chi connectivity index (χ1n) is 6.00. The minimum atomic E-state index is -0.528. The van der Waals surface area contributed by atoms with Gasteiger partial charge in [-0.1, -0.05) is 24.3 Å². The molecule has 4 heteroatoms. The van der Waals surface area contributed by atoms with Crippen LogP contribution >= 0.6 is 0 Å². The Bertz CT molecular complexity index is 557. The van der Waals surface area contributed by atoms with Crippen molar-refractivity contribution in [2.45, 2.75) is 6.92 Å². The van der Waals surface area contributed by atoms with Crippen molar-refractivity contribution in [3.63, 3.8) is 0 Å². The first kappa shape index (κ1) is 13.1. The zero-order chi connectivity index (χ0) is 13.7. The highest BCUT2D eigenvalue weighted by molar-refractivity contribution is 5.95. The van der Waals surface area contributed by atoms with E-state index in [1.165, 1.54) is 17.0 Å². The van der Waals surface area contributed by atoms with Gasteiger partial charge in [-0.2, -0.15) is 0 Å². The Morgan fingerprint density at radius 3 is 2.42 bits per heavy atom. The number of carbonyl (C=O) groups excluding carboxylic acids is 1. The van der Waals surface area contributed by atoms with Crippen LogP contribution in [0.4, 0.5) is 20.6 Å². The molecule has 0 heterocycles. The van der Waals surface area contributed by atoms with Crippen LogP contribution in [0.5, 0.6) is 0 Å². The molecular formula is C15H14FNO2. The van der Waals surface area contributed by atoms with Crippen LogP contribution in [0.15, 0.2) is 54.6 Å². The van der Waals surface area contributed by atoms with Gasteiger partial charge in [0.05, 0.1) is 18.0 Å². The second-order valence-corrected chi connectivity index (χ2v) is 3.85. The first-order chi connectivity index (χ1) is 9.22. The molecular weight excluding hydrogens is 245 g/mol. The van der Waals surface area contributed by atoms with Crippen molar-refractivity contribution in [2.75, 3.05) is 11.5 Å². The molecule has 0 aliphatic rings. The van der Waals surface area contributed by atoms with Gasteiger partial charge in [0.25, 0.3) is 0 Å². The van der Waals surface area contributed by atoms with Gasteiger partial charge in [0.1, 0.15) is 5.82 Å². The summed E-state index contributed by atoms with van der Waals surface area (Å²) in [7, 11) is 0. The Kier molecular flexibility index (Phi) is 4.13. The minimum Gasteiger partial charge on any atom is -0.449 e. The lowest BCUT2D eigenvalue weighted by Crippen LogP contribution is -2.26. The van der Waals surface area contributed by atoms with Gasteiger partial charge in [-0.25, -0.2) is 14.1 Å². The van der Waals surface area contributed by atoms with Gasteiger partial charge in [0, 0.05) is 0 Å². The number of anilines is 2. The smallest absolute Gasteiger partial charge is 0.418 e. The van der Waals surface area contributed by atoms with E-state index in [1.54, 1.807) is 43.3 Å². The zero-order valence-electron chi connectivity index (χ0n) is 10.5. The van der Waals surface area contributed by atoms with Crippen molar-refractivity contribution in [3.05, 3.63) is 60.4 Å².